The van der Waals surface area contributed by atoms with E-state index in [0.717, 1.165) is 28.5 Å². The van der Waals surface area contributed by atoms with Crippen LogP contribution in [-0.2, 0) is 11.3 Å². The first-order valence-corrected chi connectivity index (χ1v) is 8.80. The van der Waals surface area contributed by atoms with Gasteiger partial charge in [0.15, 0.2) is 6.61 Å². The van der Waals surface area contributed by atoms with E-state index in [4.69, 9.17) is 20.8 Å². The van der Waals surface area contributed by atoms with Gasteiger partial charge in [0.2, 0.25) is 5.78 Å². The van der Waals surface area contributed by atoms with E-state index in [2.05, 4.69) is 0 Å². The molecule has 0 saturated carbocycles. The van der Waals surface area contributed by atoms with Gasteiger partial charge in [0, 0.05) is 17.0 Å². The van der Waals surface area contributed by atoms with Crippen LogP contribution in [0, 0.1) is 13.8 Å². The number of thiophene rings is 1. The molecule has 0 spiro atoms. The number of rotatable bonds is 6. The van der Waals surface area contributed by atoms with Crippen LogP contribution in [0.3, 0.4) is 0 Å². The van der Waals surface area contributed by atoms with Crippen LogP contribution in [0.1, 0.15) is 37.2 Å². The van der Waals surface area contributed by atoms with Crippen LogP contribution >= 0.6 is 22.9 Å². The van der Waals surface area contributed by atoms with Crippen molar-refractivity contribution in [3.05, 3.63) is 68.5 Å². The number of hydrogen-bond donors (Lipinski definition) is 0. The maximum atomic E-state index is 12.4. The molecular formula is C18H16ClNO4S. The van der Waals surface area contributed by atoms with Gasteiger partial charge < -0.3 is 13.7 Å². The molecule has 0 fully saturated rings. The lowest BCUT2D eigenvalue weighted by Gasteiger charge is -2.08. The van der Waals surface area contributed by atoms with E-state index < -0.39 is 5.97 Å². The minimum absolute atomic E-state index is 0.241. The zero-order valence-corrected chi connectivity index (χ0v) is 15.3. The van der Waals surface area contributed by atoms with E-state index in [1.54, 1.807) is 24.5 Å². The summed E-state index contributed by atoms with van der Waals surface area (Å²) in [4.78, 5) is 24.7. The van der Waals surface area contributed by atoms with Gasteiger partial charge in [-0.15, -0.1) is 11.3 Å². The number of ether oxygens (including phenoxy) is 1. The Balaban J connectivity index is 1.69. The summed E-state index contributed by atoms with van der Waals surface area (Å²) in [6, 6.07) is 8.71. The first kappa shape index (κ1) is 17.5. The summed E-state index contributed by atoms with van der Waals surface area (Å²) in [5.74, 6) is 0.0197. The predicted octanol–water partition coefficient (Wildman–Crippen LogP) is 4.50. The highest BCUT2D eigenvalue weighted by Gasteiger charge is 2.19. The monoisotopic (exact) mass is 377 g/mol. The van der Waals surface area contributed by atoms with Gasteiger partial charge in [0.05, 0.1) is 17.1 Å². The maximum Gasteiger partial charge on any atom is 0.348 e. The molecule has 0 aliphatic carbocycles. The van der Waals surface area contributed by atoms with Crippen molar-refractivity contribution < 1.29 is 18.7 Å². The van der Waals surface area contributed by atoms with Crippen molar-refractivity contribution in [2.45, 2.75) is 20.4 Å². The number of halogens is 1. The first-order valence-electron chi connectivity index (χ1n) is 7.60. The lowest BCUT2D eigenvalue weighted by atomic mass is 10.1. The molecule has 3 aromatic heterocycles. The molecule has 0 aliphatic heterocycles. The lowest BCUT2D eigenvalue weighted by Crippen LogP contribution is -2.14. The molecule has 3 rings (SSSR count). The predicted molar refractivity (Wildman–Crippen MR) is 95.7 cm³/mol. The average molecular weight is 378 g/mol. The molecule has 0 aromatic carbocycles. The summed E-state index contributed by atoms with van der Waals surface area (Å²) in [5, 5.41) is 0. The SMILES string of the molecule is Cc1cc(C(=O)COC(=O)c2ccc(Cl)s2)c(C)n1Cc1ccco1. The van der Waals surface area contributed by atoms with Gasteiger partial charge in [0.1, 0.15) is 10.6 Å². The summed E-state index contributed by atoms with van der Waals surface area (Å²) in [7, 11) is 0. The molecule has 0 radical (unpaired) electrons. The fraction of sp³-hybridized carbons (Fsp3) is 0.222. The van der Waals surface area contributed by atoms with E-state index in [-0.39, 0.29) is 12.4 Å². The number of hydrogen-bond acceptors (Lipinski definition) is 5. The highest BCUT2D eigenvalue weighted by atomic mass is 35.5. The van der Waals surface area contributed by atoms with Crippen molar-refractivity contribution in [1.29, 1.82) is 0 Å². The lowest BCUT2D eigenvalue weighted by molar-refractivity contribution is 0.0479. The molecule has 0 bridgehead atoms. The fourth-order valence-corrected chi connectivity index (χ4v) is 3.53. The molecule has 130 valence electrons. The molecule has 3 aromatic rings. The molecular weight excluding hydrogens is 362 g/mol. The van der Waals surface area contributed by atoms with Crippen molar-refractivity contribution in [3.63, 3.8) is 0 Å². The topological polar surface area (TPSA) is 61.4 Å². The first-order chi connectivity index (χ1) is 12.0. The zero-order valence-electron chi connectivity index (χ0n) is 13.7. The Kier molecular flexibility index (Phi) is 5.11. The molecule has 0 amide bonds. The minimum Gasteiger partial charge on any atom is -0.467 e. The number of nitrogens with zero attached hydrogens (tertiary/aromatic N) is 1. The van der Waals surface area contributed by atoms with E-state index in [1.807, 2.05) is 30.5 Å². The van der Waals surface area contributed by atoms with Crippen LogP contribution in [0.5, 0.6) is 0 Å². The van der Waals surface area contributed by atoms with Crippen LogP contribution < -0.4 is 0 Å². The smallest absolute Gasteiger partial charge is 0.348 e. The van der Waals surface area contributed by atoms with Crippen LogP contribution in [0.25, 0.3) is 0 Å². The number of carbonyl (C=O) groups excluding carboxylic acids is 2. The molecule has 0 atom stereocenters. The number of aryl methyl sites for hydroxylation is 1. The highest BCUT2D eigenvalue weighted by molar-refractivity contribution is 7.17. The number of ketones is 1. The Morgan fingerprint density at radius 3 is 2.72 bits per heavy atom. The molecule has 5 nitrogen and oxygen atoms in total. The quantitative estimate of drug-likeness (QED) is 0.468. The summed E-state index contributed by atoms with van der Waals surface area (Å²) >= 11 is 6.92. The second-order valence-electron chi connectivity index (χ2n) is 5.55. The third-order valence-electron chi connectivity index (χ3n) is 3.88. The normalized spacial score (nSPS) is 10.8. The minimum atomic E-state index is -0.547. The van der Waals surface area contributed by atoms with Gasteiger partial charge >= 0.3 is 5.97 Å². The van der Waals surface area contributed by atoms with Crippen LogP contribution in [0.4, 0.5) is 0 Å². The molecule has 7 heteroatoms. The van der Waals surface area contributed by atoms with Gasteiger partial charge in [-0.1, -0.05) is 11.6 Å². The Labute approximate surface area is 153 Å². The average Bonchev–Trinajstić information content (AvgIpc) is 3.30. The molecule has 0 saturated heterocycles. The molecule has 0 aliphatic rings. The number of Topliss-reactive ketones (excluding diaryl/α,β-unsaturated/α-hetero) is 1. The molecule has 0 unspecified atom stereocenters. The van der Waals surface area contributed by atoms with E-state index in [0.29, 0.717) is 21.3 Å². The van der Waals surface area contributed by atoms with Crippen LogP contribution in [0.15, 0.2) is 41.0 Å². The zero-order chi connectivity index (χ0) is 18.0. The number of carbonyl (C=O) groups is 2. The number of aromatic nitrogens is 1. The van der Waals surface area contributed by atoms with Gasteiger partial charge in [-0.25, -0.2) is 4.79 Å². The van der Waals surface area contributed by atoms with E-state index >= 15 is 0 Å². The van der Waals surface area contributed by atoms with Crippen molar-refractivity contribution in [2.75, 3.05) is 6.61 Å². The van der Waals surface area contributed by atoms with Crippen LogP contribution in [-0.4, -0.2) is 22.9 Å². The Hall–Kier alpha value is -2.31. The third kappa shape index (κ3) is 3.86. The van der Waals surface area contributed by atoms with E-state index in [1.165, 1.54) is 0 Å². The summed E-state index contributed by atoms with van der Waals surface area (Å²) in [6.45, 7) is 4.03. The van der Waals surface area contributed by atoms with Gasteiger partial charge in [-0.2, -0.15) is 0 Å². The van der Waals surface area contributed by atoms with Gasteiger partial charge in [-0.3, -0.25) is 4.79 Å². The Morgan fingerprint density at radius 1 is 1.28 bits per heavy atom. The highest BCUT2D eigenvalue weighted by Crippen LogP contribution is 2.22. The number of furan rings is 1. The van der Waals surface area contributed by atoms with Crippen molar-refractivity contribution in [3.8, 4) is 0 Å². The van der Waals surface area contributed by atoms with Crippen molar-refractivity contribution >= 4 is 34.7 Å². The summed E-state index contributed by atoms with van der Waals surface area (Å²) in [6.07, 6.45) is 1.62. The number of esters is 1. The van der Waals surface area contributed by atoms with Gasteiger partial charge in [0.25, 0.3) is 0 Å². The van der Waals surface area contributed by atoms with Crippen molar-refractivity contribution in [2.24, 2.45) is 0 Å². The standard InChI is InChI=1S/C18H16ClNO4S/c1-11-8-14(12(2)20(11)9-13-4-3-7-23-13)15(21)10-24-18(22)16-5-6-17(19)25-16/h3-8H,9-10H2,1-2H3. The molecule has 3 heterocycles. The summed E-state index contributed by atoms with van der Waals surface area (Å²) in [5.41, 5.74) is 2.30. The summed E-state index contributed by atoms with van der Waals surface area (Å²) < 4.78 is 13.0. The van der Waals surface area contributed by atoms with E-state index in [9.17, 15) is 9.59 Å². The van der Waals surface area contributed by atoms with Crippen LogP contribution in [0.2, 0.25) is 4.34 Å². The molecule has 25 heavy (non-hydrogen) atoms. The third-order valence-corrected chi connectivity index (χ3v) is 5.09. The fourth-order valence-electron chi connectivity index (χ4n) is 2.59. The second kappa shape index (κ2) is 7.29. The van der Waals surface area contributed by atoms with Crippen molar-refractivity contribution in [1.82, 2.24) is 4.57 Å². The Bertz CT molecular complexity index is 908. The second-order valence-corrected chi connectivity index (χ2v) is 7.27. The maximum absolute atomic E-state index is 12.4. The Morgan fingerprint density at radius 2 is 2.08 bits per heavy atom. The largest absolute Gasteiger partial charge is 0.467 e. The van der Waals surface area contributed by atoms with Gasteiger partial charge in [-0.05, 0) is 44.2 Å². The molecule has 0 N–H and O–H groups in total.